The first-order valence-electron chi connectivity index (χ1n) is 7.21. The molecule has 4 nitrogen and oxygen atoms in total. The summed E-state index contributed by atoms with van der Waals surface area (Å²) in [5.74, 6) is 0.904. The zero-order valence-corrected chi connectivity index (χ0v) is 12.6. The molecule has 21 heavy (non-hydrogen) atoms. The standard InChI is InChI=1S/C17H19N3O/c1-4-14-13(9-11(2)19-20-14)17(18-3)16-10-12-7-5-6-8-15(12)21-16/h5-10,17-18H,4H2,1-3H3. The van der Waals surface area contributed by atoms with E-state index in [4.69, 9.17) is 4.42 Å². The average molecular weight is 281 g/mol. The zero-order chi connectivity index (χ0) is 14.8. The van der Waals surface area contributed by atoms with Gasteiger partial charge in [-0.25, -0.2) is 0 Å². The quantitative estimate of drug-likeness (QED) is 0.796. The molecule has 0 radical (unpaired) electrons. The van der Waals surface area contributed by atoms with Gasteiger partial charge in [0.25, 0.3) is 0 Å². The predicted molar refractivity (Wildman–Crippen MR) is 83.3 cm³/mol. The molecule has 0 fully saturated rings. The van der Waals surface area contributed by atoms with E-state index in [1.807, 2.05) is 32.2 Å². The lowest BCUT2D eigenvalue weighted by Crippen LogP contribution is -2.20. The van der Waals surface area contributed by atoms with Crippen LogP contribution in [0.15, 0.2) is 40.8 Å². The summed E-state index contributed by atoms with van der Waals surface area (Å²) in [7, 11) is 1.94. The number of aromatic nitrogens is 2. The van der Waals surface area contributed by atoms with E-state index in [-0.39, 0.29) is 6.04 Å². The summed E-state index contributed by atoms with van der Waals surface area (Å²) in [6, 6.07) is 12.2. The molecule has 1 N–H and O–H groups in total. The molecule has 1 aromatic carbocycles. The van der Waals surface area contributed by atoms with E-state index < -0.39 is 0 Å². The van der Waals surface area contributed by atoms with Crippen molar-refractivity contribution in [3.05, 3.63) is 59.1 Å². The highest BCUT2D eigenvalue weighted by Crippen LogP contribution is 2.29. The molecule has 4 heteroatoms. The minimum Gasteiger partial charge on any atom is -0.459 e. The molecule has 0 amide bonds. The second kappa shape index (κ2) is 5.66. The van der Waals surface area contributed by atoms with Gasteiger partial charge in [-0.3, -0.25) is 0 Å². The van der Waals surface area contributed by atoms with Gasteiger partial charge in [0.1, 0.15) is 11.3 Å². The van der Waals surface area contributed by atoms with Crippen LogP contribution in [-0.4, -0.2) is 17.2 Å². The molecule has 0 saturated carbocycles. The highest BCUT2D eigenvalue weighted by atomic mass is 16.3. The van der Waals surface area contributed by atoms with Crippen molar-refractivity contribution in [3.63, 3.8) is 0 Å². The van der Waals surface area contributed by atoms with Crippen molar-refractivity contribution in [2.75, 3.05) is 7.05 Å². The lowest BCUT2D eigenvalue weighted by atomic mass is 10.0. The smallest absolute Gasteiger partial charge is 0.134 e. The molecule has 108 valence electrons. The lowest BCUT2D eigenvalue weighted by Gasteiger charge is -2.17. The maximum atomic E-state index is 6.00. The summed E-state index contributed by atoms with van der Waals surface area (Å²) in [6.07, 6.45) is 0.848. The Balaban J connectivity index is 2.11. The van der Waals surface area contributed by atoms with Crippen molar-refractivity contribution in [1.29, 1.82) is 0 Å². The van der Waals surface area contributed by atoms with Crippen LogP contribution < -0.4 is 5.32 Å². The minimum atomic E-state index is -0.0125. The molecule has 2 aromatic heterocycles. The highest BCUT2D eigenvalue weighted by Gasteiger charge is 2.20. The molecule has 0 bridgehead atoms. The monoisotopic (exact) mass is 281 g/mol. The number of furan rings is 1. The van der Waals surface area contributed by atoms with Crippen molar-refractivity contribution < 1.29 is 4.42 Å². The van der Waals surface area contributed by atoms with Crippen LogP contribution in [0.4, 0.5) is 0 Å². The Morgan fingerprint density at radius 1 is 1.19 bits per heavy atom. The fourth-order valence-corrected chi connectivity index (χ4v) is 2.65. The molecule has 1 unspecified atom stereocenters. The van der Waals surface area contributed by atoms with Gasteiger partial charge in [-0.05, 0) is 38.6 Å². The summed E-state index contributed by atoms with van der Waals surface area (Å²) in [4.78, 5) is 0. The Morgan fingerprint density at radius 2 is 2.00 bits per heavy atom. The number of benzene rings is 1. The highest BCUT2D eigenvalue weighted by molar-refractivity contribution is 5.78. The topological polar surface area (TPSA) is 51.0 Å². The van der Waals surface area contributed by atoms with Crippen LogP contribution in [0, 0.1) is 6.92 Å². The predicted octanol–water partition coefficient (Wildman–Crippen LogP) is 3.40. The van der Waals surface area contributed by atoms with Gasteiger partial charge in [0.05, 0.1) is 17.4 Å². The normalized spacial score (nSPS) is 12.7. The number of fused-ring (bicyclic) bond motifs is 1. The number of nitrogens with one attached hydrogen (secondary N) is 1. The van der Waals surface area contributed by atoms with Gasteiger partial charge in [-0.1, -0.05) is 25.1 Å². The fraction of sp³-hybridized carbons (Fsp3) is 0.294. The third-order valence-electron chi connectivity index (χ3n) is 3.69. The van der Waals surface area contributed by atoms with E-state index in [1.54, 1.807) is 0 Å². The van der Waals surface area contributed by atoms with Crippen molar-refractivity contribution in [2.45, 2.75) is 26.3 Å². The molecule has 0 aliphatic heterocycles. The third-order valence-corrected chi connectivity index (χ3v) is 3.69. The number of hydrogen-bond acceptors (Lipinski definition) is 4. The molecule has 0 aliphatic rings. The summed E-state index contributed by atoms with van der Waals surface area (Å²) in [6.45, 7) is 4.05. The van der Waals surface area contributed by atoms with Crippen LogP contribution in [0.2, 0.25) is 0 Å². The van der Waals surface area contributed by atoms with E-state index in [2.05, 4.69) is 40.6 Å². The maximum Gasteiger partial charge on any atom is 0.134 e. The second-order valence-corrected chi connectivity index (χ2v) is 5.15. The number of para-hydroxylation sites is 1. The van der Waals surface area contributed by atoms with Gasteiger partial charge in [-0.2, -0.15) is 10.2 Å². The van der Waals surface area contributed by atoms with Crippen molar-refractivity contribution >= 4 is 11.0 Å². The van der Waals surface area contributed by atoms with Crippen LogP contribution in [-0.2, 0) is 6.42 Å². The fourth-order valence-electron chi connectivity index (χ4n) is 2.65. The number of hydrogen-bond donors (Lipinski definition) is 1. The van der Waals surface area contributed by atoms with Crippen LogP contribution in [0.5, 0.6) is 0 Å². The van der Waals surface area contributed by atoms with Crippen LogP contribution in [0.25, 0.3) is 11.0 Å². The van der Waals surface area contributed by atoms with Crippen LogP contribution in [0.1, 0.15) is 35.7 Å². The summed E-state index contributed by atoms with van der Waals surface area (Å²) < 4.78 is 6.00. The average Bonchev–Trinajstić information content (AvgIpc) is 2.92. The van der Waals surface area contributed by atoms with E-state index in [0.717, 1.165) is 40.1 Å². The van der Waals surface area contributed by atoms with E-state index >= 15 is 0 Å². The van der Waals surface area contributed by atoms with Gasteiger partial charge in [0.2, 0.25) is 0 Å². The van der Waals surface area contributed by atoms with E-state index in [9.17, 15) is 0 Å². The van der Waals surface area contributed by atoms with E-state index in [0.29, 0.717) is 0 Å². The van der Waals surface area contributed by atoms with Gasteiger partial charge in [-0.15, -0.1) is 0 Å². The first-order valence-corrected chi connectivity index (χ1v) is 7.21. The second-order valence-electron chi connectivity index (χ2n) is 5.15. The first-order chi connectivity index (χ1) is 10.2. The molecular weight excluding hydrogens is 262 g/mol. The number of nitrogens with zero attached hydrogens (tertiary/aromatic N) is 2. The Labute approximate surface area is 124 Å². The molecule has 3 aromatic rings. The Hall–Kier alpha value is -2.20. The molecule has 0 spiro atoms. The lowest BCUT2D eigenvalue weighted by molar-refractivity contribution is 0.488. The maximum absolute atomic E-state index is 6.00. The molecule has 3 rings (SSSR count). The van der Waals surface area contributed by atoms with Crippen LogP contribution >= 0.6 is 0 Å². The molecule has 2 heterocycles. The molecular formula is C17H19N3O. The molecule has 0 aliphatic carbocycles. The van der Waals surface area contributed by atoms with Gasteiger partial charge < -0.3 is 9.73 Å². The van der Waals surface area contributed by atoms with Gasteiger partial charge in [0, 0.05) is 10.9 Å². The third kappa shape index (κ3) is 2.54. The largest absolute Gasteiger partial charge is 0.459 e. The van der Waals surface area contributed by atoms with Gasteiger partial charge >= 0.3 is 0 Å². The summed E-state index contributed by atoms with van der Waals surface area (Å²) >= 11 is 0. The first kappa shape index (κ1) is 13.8. The Bertz CT molecular complexity index is 731. The molecule has 1 atom stereocenters. The number of rotatable bonds is 4. The SMILES string of the molecule is CCc1nnc(C)cc1C(NC)c1cc2ccccc2o1. The Morgan fingerprint density at radius 3 is 2.71 bits per heavy atom. The molecule has 0 saturated heterocycles. The van der Waals surface area contributed by atoms with Crippen molar-refractivity contribution in [3.8, 4) is 0 Å². The summed E-state index contributed by atoms with van der Waals surface area (Å²) in [5, 5.41) is 12.9. The van der Waals surface area contributed by atoms with Crippen molar-refractivity contribution in [2.24, 2.45) is 0 Å². The number of aryl methyl sites for hydroxylation is 2. The minimum absolute atomic E-state index is 0.0125. The van der Waals surface area contributed by atoms with E-state index in [1.165, 1.54) is 0 Å². The summed E-state index contributed by atoms with van der Waals surface area (Å²) in [5.41, 5.74) is 3.95. The Kier molecular flexibility index (Phi) is 3.71. The van der Waals surface area contributed by atoms with Crippen molar-refractivity contribution in [1.82, 2.24) is 15.5 Å². The zero-order valence-electron chi connectivity index (χ0n) is 12.6. The van der Waals surface area contributed by atoms with Gasteiger partial charge in [0.15, 0.2) is 0 Å². The van der Waals surface area contributed by atoms with Crippen LogP contribution in [0.3, 0.4) is 0 Å².